The summed E-state index contributed by atoms with van der Waals surface area (Å²) in [6, 6.07) is 8.40. The Morgan fingerprint density at radius 3 is 2.38 bits per heavy atom. The molecular formula is C14H12N2. The van der Waals surface area contributed by atoms with E-state index in [4.69, 9.17) is 0 Å². The summed E-state index contributed by atoms with van der Waals surface area (Å²) in [4.78, 5) is 8.69. The normalized spacial score (nSPS) is 11.1. The predicted octanol–water partition coefficient (Wildman–Crippen LogP) is 3.40. The third-order valence-electron chi connectivity index (χ3n) is 3.06. The van der Waals surface area contributed by atoms with E-state index in [2.05, 4.69) is 41.2 Å². The van der Waals surface area contributed by atoms with Crippen molar-refractivity contribution in [2.45, 2.75) is 13.8 Å². The molecule has 0 radical (unpaired) electrons. The lowest BCUT2D eigenvalue weighted by atomic mass is 10.0. The van der Waals surface area contributed by atoms with E-state index < -0.39 is 0 Å². The van der Waals surface area contributed by atoms with Crippen LogP contribution in [0.3, 0.4) is 0 Å². The number of hydrogen-bond donors (Lipinski definition) is 0. The molecule has 78 valence electrons. The Labute approximate surface area is 94.0 Å². The fraction of sp³-hybridized carbons (Fsp3) is 0.143. The van der Waals surface area contributed by atoms with E-state index in [1.165, 1.54) is 21.5 Å². The minimum absolute atomic E-state index is 1.07. The number of aromatic nitrogens is 2. The van der Waals surface area contributed by atoms with Crippen molar-refractivity contribution in [1.29, 1.82) is 0 Å². The van der Waals surface area contributed by atoms with E-state index in [9.17, 15) is 0 Å². The van der Waals surface area contributed by atoms with Crippen LogP contribution in [0.4, 0.5) is 0 Å². The number of benzene rings is 1. The SMILES string of the molecule is Cc1nccc2c1ccc1ccnc(C)c12. The first-order chi connectivity index (χ1) is 7.77. The van der Waals surface area contributed by atoms with Crippen molar-refractivity contribution in [2.24, 2.45) is 0 Å². The lowest BCUT2D eigenvalue weighted by Gasteiger charge is -2.07. The zero-order valence-corrected chi connectivity index (χ0v) is 9.36. The van der Waals surface area contributed by atoms with Crippen LogP contribution in [0.25, 0.3) is 21.5 Å². The molecule has 3 aromatic rings. The Balaban J connectivity index is 2.64. The van der Waals surface area contributed by atoms with Gasteiger partial charge in [0, 0.05) is 34.6 Å². The maximum atomic E-state index is 4.37. The number of pyridine rings is 2. The molecule has 0 saturated heterocycles. The van der Waals surface area contributed by atoms with Crippen LogP contribution < -0.4 is 0 Å². The van der Waals surface area contributed by atoms with E-state index in [-0.39, 0.29) is 0 Å². The van der Waals surface area contributed by atoms with Gasteiger partial charge in [-0.1, -0.05) is 12.1 Å². The molecule has 2 heterocycles. The molecule has 0 aliphatic rings. The molecule has 0 bridgehead atoms. The van der Waals surface area contributed by atoms with E-state index in [0.717, 1.165) is 11.4 Å². The van der Waals surface area contributed by atoms with E-state index in [0.29, 0.717) is 0 Å². The van der Waals surface area contributed by atoms with Crippen LogP contribution in [-0.2, 0) is 0 Å². The highest BCUT2D eigenvalue weighted by molar-refractivity contribution is 6.08. The Morgan fingerprint density at radius 2 is 1.50 bits per heavy atom. The highest BCUT2D eigenvalue weighted by Gasteiger charge is 2.05. The minimum atomic E-state index is 1.07. The summed E-state index contributed by atoms with van der Waals surface area (Å²) in [5.41, 5.74) is 2.15. The van der Waals surface area contributed by atoms with Gasteiger partial charge in [0.1, 0.15) is 0 Å². The monoisotopic (exact) mass is 208 g/mol. The standard InChI is InChI=1S/C14H12N2/c1-9-12-4-3-11-5-7-16-10(2)14(11)13(12)6-8-15-9/h3-8H,1-2H3. The van der Waals surface area contributed by atoms with Crippen LogP contribution in [0.1, 0.15) is 11.4 Å². The van der Waals surface area contributed by atoms with Gasteiger partial charge in [0.15, 0.2) is 0 Å². The Bertz CT molecular complexity index is 687. The largest absolute Gasteiger partial charge is 0.261 e. The van der Waals surface area contributed by atoms with Crippen molar-refractivity contribution in [1.82, 2.24) is 9.97 Å². The summed E-state index contributed by atoms with van der Waals surface area (Å²) in [5, 5.41) is 4.94. The van der Waals surface area contributed by atoms with Gasteiger partial charge in [-0.15, -0.1) is 0 Å². The summed E-state index contributed by atoms with van der Waals surface area (Å²) >= 11 is 0. The fourth-order valence-corrected chi connectivity index (χ4v) is 2.25. The molecular weight excluding hydrogens is 196 g/mol. The molecule has 2 heteroatoms. The minimum Gasteiger partial charge on any atom is -0.261 e. The molecule has 0 atom stereocenters. The molecule has 2 aromatic heterocycles. The molecule has 2 nitrogen and oxygen atoms in total. The summed E-state index contributed by atoms with van der Waals surface area (Å²) < 4.78 is 0. The maximum Gasteiger partial charge on any atom is 0.0457 e. The van der Waals surface area contributed by atoms with Crippen molar-refractivity contribution < 1.29 is 0 Å². The maximum absolute atomic E-state index is 4.37. The smallest absolute Gasteiger partial charge is 0.0457 e. The van der Waals surface area contributed by atoms with Crippen LogP contribution in [0.15, 0.2) is 36.7 Å². The lowest BCUT2D eigenvalue weighted by Crippen LogP contribution is -1.88. The van der Waals surface area contributed by atoms with Gasteiger partial charge in [0.25, 0.3) is 0 Å². The van der Waals surface area contributed by atoms with Crippen molar-refractivity contribution in [2.75, 3.05) is 0 Å². The van der Waals surface area contributed by atoms with Gasteiger partial charge >= 0.3 is 0 Å². The molecule has 1 aromatic carbocycles. The van der Waals surface area contributed by atoms with Gasteiger partial charge in [-0.05, 0) is 36.8 Å². The number of hydrogen-bond acceptors (Lipinski definition) is 2. The first-order valence-corrected chi connectivity index (χ1v) is 5.37. The highest BCUT2D eigenvalue weighted by atomic mass is 14.7. The van der Waals surface area contributed by atoms with Gasteiger partial charge < -0.3 is 0 Å². The van der Waals surface area contributed by atoms with Gasteiger partial charge in [-0.2, -0.15) is 0 Å². The van der Waals surface area contributed by atoms with Gasteiger partial charge in [0.2, 0.25) is 0 Å². The number of rotatable bonds is 0. The number of fused-ring (bicyclic) bond motifs is 3. The van der Waals surface area contributed by atoms with Crippen molar-refractivity contribution in [3.63, 3.8) is 0 Å². The topological polar surface area (TPSA) is 25.8 Å². The molecule has 0 spiro atoms. The van der Waals surface area contributed by atoms with Gasteiger partial charge in [-0.3, -0.25) is 9.97 Å². The van der Waals surface area contributed by atoms with Gasteiger partial charge in [0.05, 0.1) is 0 Å². The molecule has 16 heavy (non-hydrogen) atoms. The molecule has 0 fully saturated rings. The van der Waals surface area contributed by atoms with Crippen LogP contribution in [0, 0.1) is 13.8 Å². The highest BCUT2D eigenvalue weighted by Crippen LogP contribution is 2.27. The second kappa shape index (κ2) is 3.27. The zero-order chi connectivity index (χ0) is 11.1. The van der Waals surface area contributed by atoms with Crippen molar-refractivity contribution >= 4 is 21.5 Å². The Morgan fingerprint density at radius 1 is 0.750 bits per heavy atom. The third-order valence-corrected chi connectivity index (χ3v) is 3.06. The van der Waals surface area contributed by atoms with E-state index >= 15 is 0 Å². The van der Waals surface area contributed by atoms with E-state index in [1.54, 1.807) is 0 Å². The predicted molar refractivity (Wildman–Crippen MR) is 66.5 cm³/mol. The van der Waals surface area contributed by atoms with Gasteiger partial charge in [-0.25, -0.2) is 0 Å². The average Bonchev–Trinajstić information content (AvgIpc) is 2.29. The molecule has 3 rings (SSSR count). The van der Waals surface area contributed by atoms with Crippen molar-refractivity contribution in [3.05, 3.63) is 48.0 Å². The summed E-state index contributed by atoms with van der Waals surface area (Å²) in [7, 11) is 0. The lowest BCUT2D eigenvalue weighted by molar-refractivity contribution is 1.23. The first-order valence-electron chi connectivity index (χ1n) is 5.37. The summed E-state index contributed by atoms with van der Waals surface area (Å²) in [6.07, 6.45) is 3.72. The van der Waals surface area contributed by atoms with Crippen LogP contribution >= 0.6 is 0 Å². The molecule has 0 amide bonds. The second-order valence-electron chi connectivity index (χ2n) is 4.05. The Hall–Kier alpha value is -1.96. The number of aryl methyl sites for hydroxylation is 2. The number of nitrogens with zero attached hydrogens (tertiary/aromatic N) is 2. The Kier molecular flexibility index (Phi) is 1.90. The van der Waals surface area contributed by atoms with Crippen LogP contribution in [-0.4, -0.2) is 9.97 Å². The quantitative estimate of drug-likeness (QED) is 0.529. The molecule has 0 aliphatic carbocycles. The first kappa shape index (κ1) is 9.28. The fourth-order valence-electron chi connectivity index (χ4n) is 2.25. The molecule has 0 unspecified atom stereocenters. The van der Waals surface area contributed by atoms with Crippen molar-refractivity contribution in [3.8, 4) is 0 Å². The molecule has 0 N–H and O–H groups in total. The second-order valence-corrected chi connectivity index (χ2v) is 4.05. The van der Waals surface area contributed by atoms with Crippen LogP contribution in [0.5, 0.6) is 0 Å². The molecule has 0 saturated carbocycles. The van der Waals surface area contributed by atoms with E-state index in [1.807, 2.05) is 19.3 Å². The third kappa shape index (κ3) is 1.20. The average molecular weight is 208 g/mol. The van der Waals surface area contributed by atoms with Crippen LogP contribution in [0.2, 0.25) is 0 Å². The molecule has 0 aliphatic heterocycles. The summed E-state index contributed by atoms with van der Waals surface area (Å²) in [5.74, 6) is 0. The zero-order valence-electron chi connectivity index (χ0n) is 9.36. The summed E-state index contributed by atoms with van der Waals surface area (Å²) in [6.45, 7) is 4.09.